The molecule has 1 heterocycles. The molecule has 0 saturated carbocycles. The average molecular weight is 427 g/mol. The summed E-state index contributed by atoms with van der Waals surface area (Å²) in [6.45, 7) is 1.34. The molecule has 1 aliphatic rings. The van der Waals surface area contributed by atoms with E-state index in [9.17, 15) is 23.1 Å². The van der Waals surface area contributed by atoms with Crippen LogP contribution < -0.4 is 10.6 Å². The van der Waals surface area contributed by atoms with E-state index in [2.05, 4.69) is 21.2 Å². The highest BCUT2D eigenvalue weighted by atomic mass is 79.9. The standard InChI is InChI=1S/C14H14BrF3N2O3S/c1-2-23-11(21)9-10(7-3-5-8(15)6-4-7)19-12(24)20-13(9,22)14(16,17)18/h3-6,9-10,22H,2H2,1H3,(H2,19,20,24)/t9-,10+,13+/m1/s1. The minimum atomic E-state index is -5.15. The highest BCUT2D eigenvalue weighted by Gasteiger charge is 2.66. The van der Waals surface area contributed by atoms with Crippen molar-refractivity contribution in [3.63, 3.8) is 0 Å². The molecule has 1 aromatic carbocycles. The van der Waals surface area contributed by atoms with Gasteiger partial charge in [-0.2, -0.15) is 13.2 Å². The maximum absolute atomic E-state index is 13.5. The van der Waals surface area contributed by atoms with E-state index in [0.29, 0.717) is 10.0 Å². The molecule has 0 bridgehead atoms. The molecule has 0 aromatic heterocycles. The van der Waals surface area contributed by atoms with E-state index >= 15 is 0 Å². The van der Waals surface area contributed by atoms with E-state index in [1.807, 2.05) is 0 Å². The van der Waals surface area contributed by atoms with Crippen molar-refractivity contribution in [2.75, 3.05) is 6.61 Å². The molecule has 10 heteroatoms. The Hall–Kier alpha value is -1.39. The Kier molecular flexibility index (Phi) is 5.41. The number of nitrogens with one attached hydrogen (secondary N) is 2. The third-order valence-corrected chi connectivity index (χ3v) is 4.32. The first kappa shape index (κ1) is 18.9. The summed E-state index contributed by atoms with van der Waals surface area (Å²) in [6.07, 6.45) is -5.15. The van der Waals surface area contributed by atoms with Crippen LogP contribution in [0.25, 0.3) is 0 Å². The van der Waals surface area contributed by atoms with Crippen molar-refractivity contribution in [2.24, 2.45) is 5.92 Å². The molecule has 1 saturated heterocycles. The SMILES string of the molecule is CCOC(=O)[C@H]1[C@H](c2ccc(Br)cc2)NC(=S)N[C@@]1(O)C(F)(F)F. The molecule has 1 aromatic rings. The second-order valence-electron chi connectivity index (χ2n) is 5.12. The number of thiocarbonyl (C=S) groups is 1. The summed E-state index contributed by atoms with van der Waals surface area (Å²) in [7, 11) is 0. The number of aliphatic hydroxyl groups is 1. The quantitative estimate of drug-likeness (QED) is 0.509. The van der Waals surface area contributed by atoms with Crippen LogP contribution in [-0.2, 0) is 9.53 Å². The van der Waals surface area contributed by atoms with Crippen LogP contribution >= 0.6 is 28.1 Å². The van der Waals surface area contributed by atoms with Gasteiger partial charge in [-0.15, -0.1) is 0 Å². The summed E-state index contributed by atoms with van der Waals surface area (Å²) < 4.78 is 45.9. The Morgan fingerprint density at radius 3 is 2.50 bits per heavy atom. The number of ether oxygens (including phenoxy) is 1. The van der Waals surface area contributed by atoms with Gasteiger partial charge in [-0.05, 0) is 36.8 Å². The van der Waals surface area contributed by atoms with Gasteiger partial charge in [-0.3, -0.25) is 4.79 Å². The summed E-state index contributed by atoms with van der Waals surface area (Å²) >= 11 is 8.01. The van der Waals surface area contributed by atoms with Gasteiger partial charge in [-0.25, -0.2) is 0 Å². The Morgan fingerprint density at radius 2 is 2.00 bits per heavy atom. The first-order valence-electron chi connectivity index (χ1n) is 6.90. The van der Waals surface area contributed by atoms with Crippen molar-refractivity contribution >= 4 is 39.2 Å². The third kappa shape index (κ3) is 3.50. The zero-order valence-corrected chi connectivity index (χ0v) is 14.8. The van der Waals surface area contributed by atoms with Crippen molar-refractivity contribution < 1.29 is 27.8 Å². The van der Waals surface area contributed by atoms with Crippen LogP contribution in [0.4, 0.5) is 13.2 Å². The molecule has 1 fully saturated rings. The van der Waals surface area contributed by atoms with Crippen LogP contribution in [0.3, 0.4) is 0 Å². The van der Waals surface area contributed by atoms with Crippen LogP contribution in [0.5, 0.6) is 0 Å². The Labute approximate surface area is 149 Å². The highest BCUT2D eigenvalue weighted by Crippen LogP contribution is 2.43. The van der Waals surface area contributed by atoms with E-state index in [1.165, 1.54) is 19.1 Å². The van der Waals surface area contributed by atoms with Crippen LogP contribution in [0, 0.1) is 5.92 Å². The van der Waals surface area contributed by atoms with Crippen molar-refractivity contribution in [2.45, 2.75) is 24.9 Å². The number of benzene rings is 1. The zero-order valence-electron chi connectivity index (χ0n) is 12.4. The summed E-state index contributed by atoms with van der Waals surface area (Å²) in [5.41, 5.74) is -3.19. The number of halogens is 4. The summed E-state index contributed by atoms with van der Waals surface area (Å²) in [5.74, 6) is -3.17. The number of carbonyl (C=O) groups excluding carboxylic acids is 1. The molecule has 0 unspecified atom stereocenters. The molecule has 0 radical (unpaired) electrons. The Morgan fingerprint density at radius 1 is 1.42 bits per heavy atom. The molecule has 1 aliphatic heterocycles. The van der Waals surface area contributed by atoms with Crippen molar-refractivity contribution in [1.29, 1.82) is 0 Å². The van der Waals surface area contributed by atoms with E-state index in [4.69, 9.17) is 17.0 Å². The monoisotopic (exact) mass is 426 g/mol. The van der Waals surface area contributed by atoms with Crippen molar-refractivity contribution in [1.82, 2.24) is 10.6 Å². The lowest BCUT2D eigenvalue weighted by Gasteiger charge is -2.45. The van der Waals surface area contributed by atoms with Gasteiger partial charge in [0.1, 0.15) is 5.92 Å². The second kappa shape index (κ2) is 6.85. The smallest absolute Gasteiger partial charge is 0.437 e. The topological polar surface area (TPSA) is 70.6 Å². The summed E-state index contributed by atoms with van der Waals surface area (Å²) in [4.78, 5) is 12.2. The minimum absolute atomic E-state index is 0.124. The van der Waals surface area contributed by atoms with E-state index in [0.717, 1.165) is 0 Å². The van der Waals surface area contributed by atoms with E-state index in [1.54, 1.807) is 17.4 Å². The van der Waals surface area contributed by atoms with Gasteiger partial charge in [0.25, 0.3) is 5.72 Å². The maximum atomic E-state index is 13.5. The highest BCUT2D eigenvalue weighted by molar-refractivity contribution is 9.10. The molecular weight excluding hydrogens is 413 g/mol. The van der Waals surface area contributed by atoms with Crippen LogP contribution in [0.2, 0.25) is 0 Å². The van der Waals surface area contributed by atoms with Gasteiger partial charge in [0, 0.05) is 4.47 Å². The number of alkyl halides is 3. The largest absolute Gasteiger partial charge is 0.466 e. The maximum Gasteiger partial charge on any atom is 0.437 e. The normalized spacial score (nSPS) is 27.2. The van der Waals surface area contributed by atoms with Crippen LogP contribution in [-0.4, -0.2) is 34.7 Å². The number of rotatable bonds is 3. The molecule has 24 heavy (non-hydrogen) atoms. The fourth-order valence-electron chi connectivity index (χ4n) is 2.48. The third-order valence-electron chi connectivity index (χ3n) is 3.58. The van der Waals surface area contributed by atoms with Crippen molar-refractivity contribution in [3.05, 3.63) is 34.3 Å². The molecule has 3 N–H and O–H groups in total. The van der Waals surface area contributed by atoms with Crippen LogP contribution in [0.15, 0.2) is 28.7 Å². The number of carbonyl (C=O) groups is 1. The number of hydrogen-bond donors (Lipinski definition) is 3. The fraction of sp³-hybridized carbons (Fsp3) is 0.429. The average Bonchev–Trinajstić information content (AvgIpc) is 2.46. The molecule has 0 spiro atoms. The van der Waals surface area contributed by atoms with Gasteiger partial charge in [0.2, 0.25) is 0 Å². The Balaban J connectivity index is 2.55. The van der Waals surface area contributed by atoms with Crippen molar-refractivity contribution in [3.8, 4) is 0 Å². The minimum Gasteiger partial charge on any atom is -0.466 e. The lowest BCUT2D eigenvalue weighted by atomic mass is 9.82. The van der Waals surface area contributed by atoms with Crippen LogP contribution in [0.1, 0.15) is 18.5 Å². The first-order valence-corrected chi connectivity index (χ1v) is 8.10. The van der Waals surface area contributed by atoms with Gasteiger partial charge >= 0.3 is 12.1 Å². The van der Waals surface area contributed by atoms with Gasteiger partial charge in [0.05, 0.1) is 12.6 Å². The molecule has 2 rings (SSSR count). The fourth-order valence-corrected chi connectivity index (χ4v) is 3.03. The molecule has 132 valence electrons. The predicted octanol–water partition coefficient (Wildman–Crippen LogP) is 2.40. The number of esters is 1. The molecule has 0 aliphatic carbocycles. The summed E-state index contributed by atoms with van der Waals surface area (Å²) in [5, 5.41) is 14.2. The predicted molar refractivity (Wildman–Crippen MR) is 86.9 cm³/mol. The number of hydrogen-bond acceptors (Lipinski definition) is 4. The molecule has 5 nitrogen and oxygen atoms in total. The lowest BCUT2D eigenvalue weighted by molar-refractivity contribution is -0.292. The van der Waals surface area contributed by atoms with Gasteiger partial charge in [0.15, 0.2) is 5.11 Å². The van der Waals surface area contributed by atoms with E-state index in [-0.39, 0.29) is 6.61 Å². The summed E-state index contributed by atoms with van der Waals surface area (Å²) in [6, 6.07) is 5.06. The Bertz CT molecular complexity index is 641. The lowest BCUT2D eigenvalue weighted by Crippen LogP contribution is -2.73. The van der Waals surface area contributed by atoms with Gasteiger partial charge < -0.3 is 20.5 Å². The molecular formula is C14H14BrF3N2O3S. The van der Waals surface area contributed by atoms with E-state index < -0.39 is 34.9 Å². The molecule has 3 atom stereocenters. The first-order chi connectivity index (χ1) is 11.1. The van der Waals surface area contributed by atoms with Gasteiger partial charge in [-0.1, -0.05) is 28.1 Å². The molecule has 0 amide bonds. The zero-order chi connectivity index (χ0) is 18.1. The second-order valence-corrected chi connectivity index (χ2v) is 6.45.